The first-order valence-corrected chi connectivity index (χ1v) is 8.77. The third kappa shape index (κ3) is 4.22. The smallest absolute Gasteiger partial charge is 0.102 e. The van der Waals surface area contributed by atoms with Gasteiger partial charge in [0, 0.05) is 4.75 Å². The maximum atomic E-state index is 5.96. The van der Waals surface area contributed by atoms with E-state index in [1.54, 1.807) is 0 Å². The summed E-state index contributed by atoms with van der Waals surface area (Å²) in [6, 6.07) is 0. The number of hydrogen-bond donors (Lipinski definition) is 0. The zero-order chi connectivity index (χ0) is 12.7. The number of rotatable bonds is 4. The van der Waals surface area contributed by atoms with Crippen LogP contribution in [0.15, 0.2) is 11.8 Å². The second-order valence-electron chi connectivity index (χ2n) is 5.84. The number of hydrogen-bond acceptors (Lipinski definition) is 2. The van der Waals surface area contributed by atoms with Gasteiger partial charge in [0.2, 0.25) is 0 Å². The van der Waals surface area contributed by atoms with Gasteiger partial charge in [0.1, 0.15) is 6.61 Å². The van der Waals surface area contributed by atoms with Gasteiger partial charge in [-0.2, -0.15) is 11.8 Å². The Balaban J connectivity index is 1.83. The third-order valence-corrected chi connectivity index (χ3v) is 6.14. The quantitative estimate of drug-likeness (QED) is 0.639. The fourth-order valence-corrected chi connectivity index (χ4v) is 4.44. The molecule has 1 atom stereocenters. The van der Waals surface area contributed by atoms with Gasteiger partial charge >= 0.3 is 0 Å². The Morgan fingerprint density at radius 1 is 1.11 bits per heavy atom. The second-order valence-corrected chi connectivity index (χ2v) is 7.41. The van der Waals surface area contributed by atoms with Crippen LogP contribution < -0.4 is 0 Å². The Bertz CT molecular complexity index is 256. The first kappa shape index (κ1) is 14.3. The minimum absolute atomic E-state index is 0.399. The molecule has 0 aromatic heterocycles. The van der Waals surface area contributed by atoms with Gasteiger partial charge in [-0.25, -0.2) is 0 Å². The largest absolute Gasteiger partial charge is 0.500 e. The van der Waals surface area contributed by atoms with Crippen LogP contribution in [0.3, 0.4) is 0 Å². The van der Waals surface area contributed by atoms with Gasteiger partial charge in [-0.15, -0.1) is 0 Å². The van der Waals surface area contributed by atoms with Gasteiger partial charge < -0.3 is 4.74 Å². The van der Waals surface area contributed by atoms with Crippen LogP contribution in [-0.4, -0.2) is 17.1 Å². The summed E-state index contributed by atoms with van der Waals surface area (Å²) in [7, 11) is 0. The van der Waals surface area contributed by atoms with Crippen LogP contribution in [0.4, 0.5) is 0 Å². The molecular weight excluding hydrogens is 240 g/mol. The van der Waals surface area contributed by atoms with Crippen molar-refractivity contribution in [3.63, 3.8) is 0 Å². The minimum atomic E-state index is 0.399. The molecule has 0 aromatic carbocycles. The maximum absolute atomic E-state index is 5.96. The molecule has 104 valence electrons. The van der Waals surface area contributed by atoms with E-state index in [4.69, 9.17) is 4.74 Å². The molecule has 0 aromatic rings. The molecule has 2 fully saturated rings. The van der Waals surface area contributed by atoms with Gasteiger partial charge in [0.05, 0.1) is 6.26 Å². The molecule has 1 saturated heterocycles. The molecule has 2 heteroatoms. The van der Waals surface area contributed by atoms with Crippen LogP contribution in [0.5, 0.6) is 0 Å². The lowest BCUT2D eigenvalue weighted by Gasteiger charge is -2.33. The molecule has 1 aliphatic carbocycles. The van der Waals surface area contributed by atoms with E-state index in [-0.39, 0.29) is 0 Å². The zero-order valence-corrected chi connectivity index (χ0v) is 12.7. The van der Waals surface area contributed by atoms with E-state index >= 15 is 0 Å². The highest BCUT2D eigenvalue weighted by molar-refractivity contribution is 8.00. The molecule has 1 unspecified atom stereocenters. The van der Waals surface area contributed by atoms with E-state index in [9.17, 15) is 0 Å². The average Bonchev–Trinajstić information content (AvgIpc) is 2.85. The van der Waals surface area contributed by atoms with E-state index < -0.39 is 0 Å². The molecule has 1 nitrogen and oxygen atoms in total. The Morgan fingerprint density at radius 3 is 2.67 bits per heavy atom. The Kier molecular flexibility index (Phi) is 5.94. The van der Waals surface area contributed by atoms with E-state index in [0.717, 1.165) is 6.61 Å². The number of thioether (sulfide) groups is 1. The first-order valence-electron chi connectivity index (χ1n) is 7.78. The van der Waals surface area contributed by atoms with Crippen molar-refractivity contribution in [2.24, 2.45) is 0 Å². The Morgan fingerprint density at radius 2 is 1.89 bits per heavy atom. The van der Waals surface area contributed by atoms with Crippen molar-refractivity contribution in [1.29, 1.82) is 0 Å². The molecule has 0 spiro atoms. The van der Waals surface area contributed by atoms with Gasteiger partial charge in [0.25, 0.3) is 0 Å². The van der Waals surface area contributed by atoms with Crippen LogP contribution >= 0.6 is 11.8 Å². The van der Waals surface area contributed by atoms with Gasteiger partial charge in [-0.1, -0.05) is 26.2 Å². The minimum Gasteiger partial charge on any atom is -0.500 e. The summed E-state index contributed by atoms with van der Waals surface area (Å²) in [4.78, 5) is 0. The van der Waals surface area contributed by atoms with Crippen LogP contribution in [0.2, 0.25) is 0 Å². The number of allylic oxidation sites excluding steroid dienone is 1. The summed E-state index contributed by atoms with van der Waals surface area (Å²) < 4.78 is 6.36. The molecule has 0 N–H and O–H groups in total. The zero-order valence-electron chi connectivity index (χ0n) is 11.9. The van der Waals surface area contributed by atoms with Crippen LogP contribution in [0, 0.1) is 0 Å². The monoisotopic (exact) mass is 268 g/mol. The van der Waals surface area contributed by atoms with Crippen molar-refractivity contribution in [2.75, 3.05) is 12.4 Å². The molecule has 0 bridgehead atoms. The second kappa shape index (κ2) is 7.47. The first-order chi connectivity index (χ1) is 8.85. The van der Waals surface area contributed by atoms with Crippen molar-refractivity contribution in [2.45, 2.75) is 75.9 Å². The molecule has 0 amide bonds. The highest BCUT2D eigenvalue weighted by Gasteiger charge is 2.29. The highest BCUT2D eigenvalue weighted by atomic mass is 32.2. The summed E-state index contributed by atoms with van der Waals surface area (Å²) >= 11 is 2.17. The Hall–Kier alpha value is -0.110. The van der Waals surface area contributed by atoms with Gasteiger partial charge in [-0.3, -0.25) is 0 Å². The maximum Gasteiger partial charge on any atom is 0.102 e. The van der Waals surface area contributed by atoms with Crippen molar-refractivity contribution < 1.29 is 4.74 Å². The van der Waals surface area contributed by atoms with Crippen LogP contribution in [-0.2, 0) is 4.74 Å². The molecule has 18 heavy (non-hydrogen) atoms. The normalized spacial score (nSPS) is 29.7. The standard InChI is InChI=1S/C16H28OS/c1-2-16(11-7-3-4-8-12-18-16)14-17-13-15-9-5-6-10-15/h13H,2-12,14H2,1H3. The topological polar surface area (TPSA) is 9.23 Å². The average molecular weight is 268 g/mol. The van der Waals surface area contributed by atoms with E-state index in [2.05, 4.69) is 24.9 Å². The lowest BCUT2D eigenvalue weighted by Crippen LogP contribution is -2.31. The fraction of sp³-hybridized carbons (Fsp3) is 0.875. The van der Waals surface area contributed by atoms with Crippen LogP contribution in [0.1, 0.15) is 71.1 Å². The summed E-state index contributed by atoms with van der Waals surface area (Å²) in [6.07, 6.45) is 15.6. The summed E-state index contributed by atoms with van der Waals surface area (Å²) in [5.41, 5.74) is 1.54. The molecule has 1 aliphatic heterocycles. The molecule has 0 radical (unpaired) electrons. The van der Waals surface area contributed by atoms with Gasteiger partial charge in [-0.05, 0) is 56.3 Å². The summed E-state index contributed by atoms with van der Waals surface area (Å²) in [5.74, 6) is 1.33. The fourth-order valence-electron chi connectivity index (χ4n) is 3.02. The van der Waals surface area contributed by atoms with Crippen LogP contribution in [0.25, 0.3) is 0 Å². The predicted octanol–water partition coefficient (Wildman–Crippen LogP) is 5.31. The summed E-state index contributed by atoms with van der Waals surface area (Å²) in [6.45, 7) is 3.26. The lowest BCUT2D eigenvalue weighted by molar-refractivity contribution is 0.198. The van der Waals surface area contributed by atoms with E-state index in [1.165, 1.54) is 75.5 Å². The van der Waals surface area contributed by atoms with E-state index in [0.29, 0.717) is 4.75 Å². The van der Waals surface area contributed by atoms with E-state index in [1.807, 2.05) is 0 Å². The van der Waals surface area contributed by atoms with Crippen molar-refractivity contribution in [1.82, 2.24) is 0 Å². The van der Waals surface area contributed by atoms with Crippen molar-refractivity contribution >= 4 is 11.8 Å². The van der Waals surface area contributed by atoms with Crippen molar-refractivity contribution in [3.05, 3.63) is 11.8 Å². The molecule has 1 saturated carbocycles. The highest BCUT2D eigenvalue weighted by Crippen LogP contribution is 2.37. The summed E-state index contributed by atoms with van der Waals surface area (Å²) in [5, 5.41) is 0. The molecule has 1 heterocycles. The predicted molar refractivity (Wildman–Crippen MR) is 81.1 cm³/mol. The third-order valence-electron chi connectivity index (χ3n) is 4.42. The van der Waals surface area contributed by atoms with Crippen molar-refractivity contribution in [3.8, 4) is 0 Å². The molecule has 2 rings (SSSR count). The SMILES string of the molecule is CCC1(COC=C2CCCC2)CCCCCCS1. The van der Waals surface area contributed by atoms with Gasteiger partial charge in [0.15, 0.2) is 0 Å². The Labute approximate surface area is 117 Å². The molecular formula is C16H28OS. The number of ether oxygens (including phenoxy) is 1. The molecule has 2 aliphatic rings. The lowest BCUT2D eigenvalue weighted by atomic mass is 9.97.